The molecule has 20 nitrogen and oxygen atoms in total. The Morgan fingerprint density at radius 1 is 0.892 bits per heavy atom. The van der Waals surface area contributed by atoms with Crippen LogP contribution in [0.5, 0.6) is 11.8 Å². The Kier molecular flexibility index (Phi) is 13.5. The summed E-state index contributed by atoms with van der Waals surface area (Å²) in [7, 11) is 0. The highest BCUT2D eigenvalue weighted by atomic mass is 16.5. The molecule has 428 valence electrons. The zero-order valence-electron chi connectivity index (χ0n) is 47.4. The van der Waals surface area contributed by atoms with Gasteiger partial charge in [0.15, 0.2) is 11.3 Å². The lowest BCUT2D eigenvalue weighted by molar-refractivity contribution is -0.142. The third kappa shape index (κ3) is 9.63. The van der Waals surface area contributed by atoms with Crippen LogP contribution in [0.1, 0.15) is 106 Å². The van der Waals surface area contributed by atoms with Crippen LogP contribution in [0.4, 0.5) is 5.82 Å². The maximum atomic E-state index is 14.9. The van der Waals surface area contributed by atoms with E-state index in [0.29, 0.717) is 53.4 Å². The minimum absolute atomic E-state index is 0.0132. The Balaban J connectivity index is 0.786. The number of likely N-dealkylation sites (tertiary alicyclic amines) is 1. The zero-order valence-corrected chi connectivity index (χ0v) is 47.4. The van der Waals surface area contributed by atoms with Crippen molar-refractivity contribution in [1.82, 2.24) is 60.2 Å². The normalized spacial score (nSPS) is 20.9. The summed E-state index contributed by atoms with van der Waals surface area (Å²) in [5, 5.41) is 37.9. The zero-order chi connectivity index (χ0) is 56.8. The van der Waals surface area contributed by atoms with E-state index in [1.807, 2.05) is 87.1 Å². The third-order valence-corrected chi connectivity index (χ3v) is 17.9. The van der Waals surface area contributed by atoms with Gasteiger partial charge in [0.25, 0.3) is 5.56 Å². The van der Waals surface area contributed by atoms with Crippen molar-refractivity contribution < 1.29 is 28.9 Å². The molecule has 4 aromatic carbocycles. The smallest absolute Gasteiger partial charge is 0.319 e. The first-order valence-electron chi connectivity index (χ1n) is 29.5. The molecule has 4 aliphatic heterocycles. The minimum Gasteiger partial charge on any atom is -0.486 e. The Morgan fingerprint density at radius 3 is 2.48 bits per heavy atom. The number of β-amino-alcohol motifs (C(OH)–C–C–N with tert-alkyl or cyclic N) is 1. The van der Waals surface area contributed by atoms with Gasteiger partial charge in [-0.1, -0.05) is 56.3 Å². The average molecular weight is 1120 g/mol. The first-order chi connectivity index (χ1) is 40.3. The molecule has 5 aliphatic rings. The minimum atomic E-state index is -0.914. The first kappa shape index (κ1) is 52.8. The van der Waals surface area contributed by atoms with Gasteiger partial charge in [-0.2, -0.15) is 25.3 Å². The van der Waals surface area contributed by atoms with Gasteiger partial charge in [-0.3, -0.25) is 28.8 Å². The van der Waals surface area contributed by atoms with E-state index in [4.69, 9.17) is 29.3 Å². The molecule has 4 saturated heterocycles. The van der Waals surface area contributed by atoms with Crippen molar-refractivity contribution in [2.45, 2.75) is 135 Å². The highest BCUT2D eigenvalue weighted by molar-refractivity contribution is 6.07. The van der Waals surface area contributed by atoms with Gasteiger partial charge in [0.1, 0.15) is 36.1 Å². The number of aliphatic hydroxyl groups excluding tert-OH is 1. The number of amides is 2. The summed E-state index contributed by atoms with van der Waals surface area (Å²) >= 11 is 0. The molecule has 1 unspecified atom stereocenters. The van der Waals surface area contributed by atoms with Crippen LogP contribution >= 0.6 is 0 Å². The van der Waals surface area contributed by atoms with Gasteiger partial charge in [0.05, 0.1) is 42.8 Å². The molecule has 2 bridgehead atoms. The molecule has 0 spiro atoms. The Bertz CT molecular complexity index is 4040. The third-order valence-electron chi connectivity index (χ3n) is 17.9. The summed E-state index contributed by atoms with van der Waals surface area (Å²) in [6.07, 6.45) is 9.18. The number of rotatable bonds is 16. The van der Waals surface area contributed by atoms with E-state index in [9.17, 15) is 19.5 Å². The van der Waals surface area contributed by atoms with E-state index >= 15 is 0 Å². The van der Waals surface area contributed by atoms with Crippen LogP contribution in [0.25, 0.3) is 66.0 Å². The molecular weight excluding hydrogens is 1050 g/mol. The first-order valence-corrected chi connectivity index (χ1v) is 29.5. The molecule has 9 heterocycles. The molecule has 6 atom stereocenters. The standard InChI is InChI=1S/C63H69N13O7/c1-6-75-51(17-20-66-75)39-13-9-37(10-14-39)35(5)67-60(78)52-25-42(77)30-74(52)62(80)57(33(2)3)76-31-48-44-15-8-36(23-50(44)68-61(79)56(48)72-76)32-82-58-54(53-34(4)7-16-49-47(53)28-65-71-49)45(38-11-12-38)26-46-55(58)69-63(83-43-18-21-81-22-19-43)70-59(46)73-29-40-24-41(73)27-64-40/h7-10,13-17,20,23,26,28,31,33,35,38,40-43,52,57,64,77H,6,11-12,18-19,21-22,24-25,27,29-30,32H2,1-5H3,(H,65,71)(H,67,78)(H,68,79)/t35-,40+,41+,42-,52+,57?/m1/s1. The van der Waals surface area contributed by atoms with Gasteiger partial charge < -0.3 is 44.7 Å². The Hall–Kier alpha value is -8.20. The van der Waals surface area contributed by atoms with Crippen molar-refractivity contribution in [1.29, 1.82) is 0 Å². The number of hydrogen-bond acceptors (Lipinski definition) is 14. The molecule has 2 amide bonds. The van der Waals surface area contributed by atoms with Gasteiger partial charge >= 0.3 is 6.01 Å². The van der Waals surface area contributed by atoms with Crippen LogP contribution in [0, 0.1) is 12.8 Å². The summed E-state index contributed by atoms with van der Waals surface area (Å²) in [4.78, 5) is 60.7. The number of ether oxygens (including phenoxy) is 3. The molecule has 9 aromatic rings. The number of benzene rings is 4. The summed E-state index contributed by atoms with van der Waals surface area (Å²) in [5.74, 6) is 0.795. The second kappa shape index (κ2) is 21.2. The SMILES string of the molecule is CCn1nccc1-c1ccc([C@@H](C)NC(=O)[C@@H]2C[C@@H](O)CN2C(=O)C(C(C)C)n2cc3c(n2)c(=O)[nH]c2cc(COc4c(-c5c(C)ccc6[nH]ncc56)c(C5CC5)cc5c(N6C[C@@H]7C[C@H]6CN7)nc(OC6CCOCC6)nc45)ccc23)cc1. The number of carbonyl (C=O) groups excluding carboxylic acids is 2. The number of anilines is 1. The van der Waals surface area contributed by atoms with Crippen LogP contribution in [-0.2, 0) is 27.5 Å². The largest absolute Gasteiger partial charge is 0.486 e. The highest BCUT2D eigenvalue weighted by Crippen LogP contribution is 2.53. The fourth-order valence-corrected chi connectivity index (χ4v) is 13.4. The van der Waals surface area contributed by atoms with Gasteiger partial charge in [0, 0.05) is 103 Å². The van der Waals surface area contributed by atoms with Crippen LogP contribution in [0.15, 0.2) is 90.1 Å². The van der Waals surface area contributed by atoms with Crippen molar-refractivity contribution in [3.05, 3.63) is 118 Å². The predicted molar refractivity (Wildman–Crippen MR) is 315 cm³/mol. The summed E-state index contributed by atoms with van der Waals surface area (Å²) in [5.41, 5.74) is 9.97. The second-order valence-corrected chi connectivity index (χ2v) is 23.8. The number of H-pyrrole nitrogens is 2. The van der Waals surface area contributed by atoms with Crippen LogP contribution < -0.4 is 30.6 Å². The number of aliphatic hydroxyl groups is 1. The number of nitrogens with zero attached hydrogens (tertiary/aromatic N) is 9. The Labute approximate surface area is 478 Å². The molecular formula is C63H69N13O7. The van der Waals surface area contributed by atoms with Crippen molar-refractivity contribution >= 4 is 61.2 Å². The molecule has 5 fully saturated rings. The fraction of sp³-hybridized carbons (Fsp3) is 0.429. The number of nitrogens with one attached hydrogen (secondary N) is 4. The van der Waals surface area contributed by atoms with E-state index < -0.39 is 23.7 Å². The molecule has 5 aromatic heterocycles. The van der Waals surface area contributed by atoms with E-state index in [-0.39, 0.29) is 61.0 Å². The predicted octanol–water partition coefficient (Wildman–Crippen LogP) is 8.16. The molecule has 83 heavy (non-hydrogen) atoms. The topological polar surface area (TPSA) is 236 Å². The number of hydrogen-bond donors (Lipinski definition) is 5. The maximum absolute atomic E-state index is 14.9. The summed E-state index contributed by atoms with van der Waals surface area (Å²) < 4.78 is 23.2. The number of fused-ring (bicyclic) bond motifs is 7. The molecule has 20 heteroatoms. The number of pyridine rings is 1. The van der Waals surface area contributed by atoms with E-state index in [0.717, 1.165) is 118 Å². The lowest BCUT2D eigenvalue weighted by atomic mass is 9.89. The number of aromatic nitrogens is 9. The van der Waals surface area contributed by atoms with Crippen molar-refractivity contribution in [3.63, 3.8) is 0 Å². The van der Waals surface area contributed by atoms with Gasteiger partial charge in [-0.25, -0.2) is 0 Å². The monoisotopic (exact) mass is 1120 g/mol. The lowest BCUT2D eigenvalue weighted by Crippen LogP contribution is -2.49. The van der Waals surface area contributed by atoms with Crippen LogP contribution in [0.3, 0.4) is 0 Å². The van der Waals surface area contributed by atoms with Gasteiger partial charge in [-0.15, -0.1) is 0 Å². The fourth-order valence-electron chi connectivity index (χ4n) is 13.4. The van der Waals surface area contributed by atoms with E-state index in [1.54, 1.807) is 17.1 Å². The van der Waals surface area contributed by atoms with Gasteiger partial charge in [0.2, 0.25) is 11.8 Å². The number of aryl methyl sites for hydroxylation is 2. The molecule has 1 aliphatic carbocycles. The van der Waals surface area contributed by atoms with Crippen molar-refractivity contribution in [2.24, 2.45) is 5.92 Å². The van der Waals surface area contributed by atoms with E-state index in [1.165, 1.54) is 10.5 Å². The van der Waals surface area contributed by atoms with Crippen LogP contribution in [-0.4, -0.2) is 130 Å². The summed E-state index contributed by atoms with van der Waals surface area (Å²) in [6.45, 7) is 13.7. The van der Waals surface area contributed by atoms with E-state index in [2.05, 4.69) is 60.9 Å². The quantitative estimate of drug-likeness (QED) is 0.0614. The highest BCUT2D eigenvalue weighted by Gasteiger charge is 2.44. The van der Waals surface area contributed by atoms with Crippen molar-refractivity contribution in [3.8, 4) is 34.1 Å². The van der Waals surface area contributed by atoms with Crippen molar-refractivity contribution in [2.75, 3.05) is 37.7 Å². The Morgan fingerprint density at radius 2 is 1.72 bits per heavy atom. The number of carbonyl (C=O) groups is 2. The second-order valence-electron chi connectivity index (χ2n) is 23.8. The molecule has 0 radical (unpaired) electrons. The maximum Gasteiger partial charge on any atom is 0.319 e. The van der Waals surface area contributed by atoms with Crippen LogP contribution in [0.2, 0.25) is 0 Å². The average Bonchev–Trinajstić information content (AvgIpc) is 4.41. The van der Waals surface area contributed by atoms with Gasteiger partial charge in [-0.05, 0) is 110 Å². The molecule has 14 rings (SSSR count). The lowest BCUT2D eigenvalue weighted by Gasteiger charge is -2.31. The molecule has 5 N–H and O–H groups in total. The number of aromatic amines is 2. The number of piperazine rings is 1. The summed E-state index contributed by atoms with van der Waals surface area (Å²) in [6, 6.07) is 21.2. The molecule has 1 saturated carbocycles.